The third kappa shape index (κ3) is 4.08. The molecule has 0 fully saturated rings. The fourth-order valence-electron chi connectivity index (χ4n) is 2.39. The summed E-state index contributed by atoms with van der Waals surface area (Å²) in [6.45, 7) is 1.74. The number of halogens is 8. The Morgan fingerprint density at radius 3 is 2.00 bits per heavy atom. The molecule has 0 amide bonds. The van der Waals surface area contributed by atoms with E-state index in [1.54, 1.807) is 25.1 Å². The zero-order chi connectivity index (χ0) is 19.8. The van der Waals surface area contributed by atoms with Crippen molar-refractivity contribution in [1.29, 1.82) is 0 Å². The number of aryl methyl sites for hydroxylation is 1. The van der Waals surface area contributed by atoms with Gasteiger partial charge >= 0.3 is 6.18 Å². The Bertz CT molecular complexity index is 845. The largest absolute Gasteiger partial charge is 0.422 e. The predicted molar refractivity (Wildman–Crippen MR) is 82.6 cm³/mol. The van der Waals surface area contributed by atoms with Crippen molar-refractivity contribution >= 4 is 21.7 Å². The predicted octanol–water partition coefficient (Wildman–Crippen LogP) is 5.69. The maximum absolute atomic E-state index is 13.8. The van der Waals surface area contributed by atoms with Crippen LogP contribution in [0, 0.1) is 30.2 Å². The van der Waals surface area contributed by atoms with Crippen LogP contribution in [0.2, 0.25) is 0 Å². The summed E-state index contributed by atoms with van der Waals surface area (Å²) in [6.07, 6.45) is -7.04. The second kappa shape index (κ2) is 7.38. The zero-order valence-corrected chi connectivity index (χ0v) is 14.7. The number of hydrogen-bond donors (Lipinski definition) is 0. The van der Waals surface area contributed by atoms with Crippen LogP contribution in [0.3, 0.4) is 0 Å². The lowest BCUT2D eigenvalue weighted by molar-refractivity contribution is -0.143. The minimum absolute atomic E-state index is 0.328. The van der Waals surface area contributed by atoms with Gasteiger partial charge in [0.1, 0.15) is 11.3 Å². The Morgan fingerprint density at radius 1 is 0.962 bits per heavy atom. The molecular weight excluding hydrogens is 433 g/mol. The Labute approximate surface area is 152 Å². The smallest absolute Gasteiger partial charge is 0.299 e. The molecule has 140 valence electrons. The van der Waals surface area contributed by atoms with Crippen molar-refractivity contribution in [3.63, 3.8) is 0 Å². The van der Waals surface area contributed by atoms with Gasteiger partial charge < -0.3 is 0 Å². The summed E-state index contributed by atoms with van der Waals surface area (Å²) in [5.74, 6) is -10.4. The lowest BCUT2D eigenvalue weighted by atomic mass is 9.99. The van der Waals surface area contributed by atoms with Crippen LogP contribution in [-0.2, 0) is 23.8 Å². The number of ketones is 1. The first-order valence-corrected chi connectivity index (χ1v) is 7.91. The van der Waals surface area contributed by atoms with Gasteiger partial charge in [-0.1, -0.05) is 33.6 Å². The van der Waals surface area contributed by atoms with Crippen molar-refractivity contribution in [2.24, 2.45) is 0 Å². The van der Waals surface area contributed by atoms with Crippen molar-refractivity contribution < 1.29 is 35.5 Å². The van der Waals surface area contributed by atoms with Crippen LogP contribution in [0.1, 0.15) is 22.3 Å². The molecule has 0 saturated carbocycles. The first-order chi connectivity index (χ1) is 11.9. The molecular formula is C17H10BrF7O. The molecule has 9 heteroatoms. The van der Waals surface area contributed by atoms with E-state index >= 15 is 0 Å². The van der Waals surface area contributed by atoms with Gasteiger partial charge in [0.15, 0.2) is 23.3 Å². The van der Waals surface area contributed by atoms with Crippen molar-refractivity contribution in [3.8, 4) is 0 Å². The number of rotatable bonds is 4. The molecule has 0 saturated heterocycles. The third-order valence-corrected chi connectivity index (χ3v) is 4.37. The first-order valence-electron chi connectivity index (χ1n) is 7.12. The van der Waals surface area contributed by atoms with Crippen LogP contribution in [0.5, 0.6) is 0 Å². The minimum atomic E-state index is -5.62. The van der Waals surface area contributed by atoms with E-state index < -0.39 is 52.8 Å². The Kier molecular flexibility index (Phi) is 5.79. The molecule has 0 atom stereocenters. The number of carbonyl (C=O) groups excluding carboxylic acids is 1. The van der Waals surface area contributed by atoms with E-state index in [9.17, 15) is 35.5 Å². The molecule has 0 radical (unpaired) electrons. The molecule has 1 nitrogen and oxygen atoms in total. The van der Waals surface area contributed by atoms with Gasteiger partial charge in [-0.3, -0.25) is 4.79 Å². The average Bonchev–Trinajstić information content (AvgIpc) is 2.52. The highest BCUT2D eigenvalue weighted by Crippen LogP contribution is 2.37. The fraction of sp³-hybridized carbons (Fsp3) is 0.235. The molecule has 0 aliphatic carbocycles. The van der Waals surface area contributed by atoms with Gasteiger partial charge in [-0.25, -0.2) is 17.6 Å². The summed E-state index contributed by atoms with van der Waals surface area (Å²) in [4.78, 5) is 12.0. The number of hydrogen-bond acceptors (Lipinski definition) is 1. The van der Waals surface area contributed by atoms with Gasteiger partial charge in [0, 0.05) is 22.9 Å². The Hall–Kier alpha value is -1.90. The van der Waals surface area contributed by atoms with E-state index in [4.69, 9.17) is 0 Å². The van der Waals surface area contributed by atoms with Crippen molar-refractivity contribution in [3.05, 3.63) is 68.2 Å². The standard InChI is InChI=1S/C17H10BrF7O/c1-7-2-3-11(18)8(4-7)5-9(26)6-10-13(19)15(21)12(17(23,24)25)16(22)14(10)20/h2-4H,5-6H2,1H3. The van der Waals surface area contributed by atoms with Crippen LogP contribution in [0.4, 0.5) is 30.7 Å². The monoisotopic (exact) mass is 442 g/mol. The molecule has 2 rings (SSSR count). The summed E-state index contributed by atoms with van der Waals surface area (Å²) in [5, 5.41) is 0. The normalized spacial score (nSPS) is 11.7. The summed E-state index contributed by atoms with van der Waals surface area (Å²) >= 11 is 3.18. The van der Waals surface area contributed by atoms with Crippen LogP contribution >= 0.6 is 15.9 Å². The molecule has 0 aromatic heterocycles. The number of carbonyl (C=O) groups is 1. The Balaban J connectivity index is 2.38. The summed E-state index contributed by atoms with van der Waals surface area (Å²) in [5.41, 5.74) is -2.78. The quantitative estimate of drug-likeness (QED) is 0.439. The lowest BCUT2D eigenvalue weighted by Crippen LogP contribution is -2.19. The van der Waals surface area contributed by atoms with Crippen molar-refractivity contribution in [2.45, 2.75) is 25.9 Å². The molecule has 2 aromatic carbocycles. The molecule has 0 heterocycles. The molecule has 0 N–H and O–H groups in total. The van der Waals surface area contributed by atoms with Gasteiger partial charge in [-0.15, -0.1) is 0 Å². The average molecular weight is 443 g/mol. The molecule has 0 spiro atoms. The van der Waals surface area contributed by atoms with E-state index in [1.165, 1.54) is 0 Å². The van der Waals surface area contributed by atoms with Crippen LogP contribution in [0.25, 0.3) is 0 Å². The number of alkyl halides is 3. The van der Waals surface area contributed by atoms with E-state index in [-0.39, 0.29) is 6.42 Å². The topological polar surface area (TPSA) is 17.1 Å². The molecule has 0 unspecified atom stereocenters. The van der Waals surface area contributed by atoms with Crippen molar-refractivity contribution in [1.82, 2.24) is 0 Å². The molecule has 0 aliphatic heterocycles. The van der Waals surface area contributed by atoms with Gasteiger partial charge in [0.2, 0.25) is 0 Å². The van der Waals surface area contributed by atoms with Crippen molar-refractivity contribution in [2.75, 3.05) is 0 Å². The second-order valence-electron chi connectivity index (χ2n) is 5.59. The summed E-state index contributed by atoms with van der Waals surface area (Å²) in [7, 11) is 0. The van der Waals surface area contributed by atoms with Gasteiger partial charge in [0.25, 0.3) is 0 Å². The number of benzene rings is 2. The molecule has 0 aliphatic rings. The first kappa shape index (κ1) is 20.4. The lowest BCUT2D eigenvalue weighted by Gasteiger charge is -2.14. The Morgan fingerprint density at radius 2 is 1.50 bits per heavy atom. The fourth-order valence-corrected chi connectivity index (χ4v) is 2.78. The summed E-state index contributed by atoms with van der Waals surface area (Å²) < 4.78 is 93.0. The highest BCUT2D eigenvalue weighted by Gasteiger charge is 2.42. The molecule has 26 heavy (non-hydrogen) atoms. The van der Waals surface area contributed by atoms with E-state index in [1.807, 2.05) is 0 Å². The van der Waals surface area contributed by atoms with Crippen LogP contribution in [-0.4, -0.2) is 5.78 Å². The van der Waals surface area contributed by atoms with Crippen LogP contribution in [0.15, 0.2) is 22.7 Å². The van der Waals surface area contributed by atoms with Gasteiger partial charge in [-0.2, -0.15) is 13.2 Å². The van der Waals surface area contributed by atoms with Gasteiger partial charge in [-0.05, 0) is 18.6 Å². The maximum Gasteiger partial charge on any atom is 0.422 e. The molecule has 2 aromatic rings. The SMILES string of the molecule is Cc1ccc(Br)c(CC(=O)Cc2c(F)c(F)c(C(F)(F)F)c(F)c2F)c1. The van der Waals surface area contributed by atoms with E-state index in [0.29, 0.717) is 10.0 Å². The third-order valence-electron chi connectivity index (χ3n) is 3.60. The molecule has 0 bridgehead atoms. The minimum Gasteiger partial charge on any atom is -0.299 e. The maximum atomic E-state index is 13.8. The van der Waals surface area contributed by atoms with E-state index in [2.05, 4.69) is 15.9 Å². The second-order valence-corrected chi connectivity index (χ2v) is 6.45. The number of Topliss-reactive ketones (excluding diaryl/α,β-unsaturated/α-hetero) is 1. The highest BCUT2D eigenvalue weighted by atomic mass is 79.9. The zero-order valence-electron chi connectivity index (χ0n) is 13.1. The summed E-state index contributed by atoms with van der Waals surface area (Å²) in [6, 6.07) is 4.98. The van der Waals surface area contributed by atoms with Gasteiger partial charge in [0.05, 0.1) is 0 Å². The van der Waals surface area contributed by atoms with E-state index in [0.717, 1.165) is 5.56 Å². The van der Waals surface area contributed by atoms with Crippen LogP contribution < -0.4 is 0 Å². The highest BCUT2D eigenvalue weighted by molar-refractivity contribution is 9.10.